The first kappa shape index (κ1) is 14.0. The molecular formula is C15H17N3O2. The van der Waals surface area contributed by atoms with Crippen LogP contribution in [0, 0.1) is 0 Å². The Hall–Kier alpha value is -2.40. The minimum atomic E-state index is -0.575. The maximum Gasteiger partial charge on any atom is 0.239 e. The van der Waals surface area contributed by atoms with Crippen molar-refractivity contribution in [2.75, 3.05) is 7.11 Å². The normalized spacial score (nSPS) is 11.8. The Kier molecular flexibility index (Phi) is 4.68. The number of nitrogens with two attached hydrogens (primary N) is 1. The van der Waals surface area contributed by atoms with Gasteiger partial charge in [0, 0.05) is 18.8 Å². The quantitative estimate of drug-likeness (QED) is 0.832. The lowest BCUT2D eigenvalue weighted by atomic mass is 10.1. The largest absolute Gasteiger partial charge is 0.481 e. The summed E-state index contributed by atoms with van der Waals surface area (Å²) in [6.07, 6.45) is 1.59. The molecule has 1 amide bonds. The summed E-state index contributed by atoms with van der Waals surface area (Å²) in [4.78, 5) is 15.7. The van der Waals surface area contributed by atoms with Crippen LogP contribution in [0.25, 0.3) is 0 Å². The van der Waals surface area contributed by atoms with Crippen LogP contribution in [0.5, 0.6) is 5.88 Å². The molecule has 2 aromatic rings. The van der Waals surface area contributed by atoms with Crippen molar-refractivity contribution in [2.24, 2.45) is 5.73 Å². The third-order valence-electron chi connectivity index (χ3n) is 2.94. The molecule has 0 bridgehead atoms. The molecule has 0 aliphatic carbocycles. The van der Waals surface area contributed by atoms with Gasteiger partial charge in [0.25, 0.3) is 0 Å². The van der Waals surface area contributed by atoms with Crippen molar-refractivity contribution in [1.29, 1.82) is 0 Å². The molecule has 0 fully saturated rings. The lowest BCUT2D eigenvalue weighted by molar-refractivity contribution is -0.120. The number of methoxy groups -OCH3 is 1. The van der Waals surface area contributed by atoms with E-state index in [-0.39, 0.29) is 0 Å². The number of pyridine rings is 1. The van der Waals surface area contributed by atoms with Crippen molar-refractivity contribution < 1.29 is 9.53 Å². The van der Waals surface area contributed by atoms with Gasteiger partial charge in [-0.25, -0.2) is 4.98 Å². The molecular weight excluding hydrogens is 254 g/mol. The van der Waals surface area contributed by atoms with Crippen LogP contribution >= 0.6 is 0 Å². The van der Waals surface area contributed by atoms with Crippen molar-refractivity contribution in [1.82, 2.24) is 10.3 Å². The summed E-state index contributed by atoms with van der Waals surface area (Å²) in [5, 5.41) is 3.13. The van der Waals surface area contributed by atoms with Crippen LogP contribution in [-0.4, -0.2) is 18.0 Å². The van der Waals surface area contributed by atoms with Crippen LogP contribution in [0.2, 0.25) is 0 Å². The lowest BCUT2D eigenvalue weighted by Crippen LogP contribution is -2.33. The number of carbonyl (C=O) groups is 1. The molecule has 1 unspecified atom stereocenters. The summed E-state index contributed by atoms with van der Waals surface area (Å²) in [5.74, 6) is 0.0629. The van der Waals surface area contributed by atoms with Gasteiger partial charge in [-0.15, -0.1) is 0 Å². The number of aromatic nitrogens is 1. The maximum absolute atomic E-state index is 11.6. The number of ether oxygens (including phenoxy) is 1. The molecule has 1 heterocycles. The summed E-state index contributed by atoms with van der Waals surface area (Å²) in [6.45, 7) is 0.556. The van der Waals surface area contributed by atoms with Gasteiger partial charge in [-0.05, 0) is 11.1 Å². The number of carbonyl (C=O) groups excluding carboxylic acids is 1. The molecule has 1 aromatic heterocycles. The van der Waals surface area contributed by atoms with E-state index in [9.17, 15) is 4.79 Å². The lowest BCUT2D eigenvalue weighted by Gasteiger charge is -2.15. The third kappa shape index (κ3) is 3.55. The Labute approximate surface area is 117 Å². The van der Waals surface area contributed by atoms with E-state index in [1.165, 1.54) is 0 Å². The van der Waals surface area contributed by atoms with Crippen LogP contribution < -0.4 is 15.8 Å². The molecule has 0 aliphatic heterocycles. The Morgan fingerprint density at radius 3 is 2.60 bits per heavy atom. The highest BCUT2D eigenvalue weighted by atomic mass is 16.5. The topological polar surface area (TPSA) is 77.2 Å². The smallest absolute Gasteiger partial charge is 0.239 e. The summed E-state index contributed by atoms with van der Waals surface area (Å²) in [5.41, 5.74) is 7.24. The summed E-state index contributed by atoms with van der Waals surface area (Å²) >= 11 is 0. The molecule has 104 valence electrons. The summed E-state index contributed by atoms with van der Waals surface area (Å²) < 4.78 is 4.99. The standard InChI is InChI=1S/C15H17N3O2/c1-20-13-8-7-12(10-17-13)14(15(16)19)18-9-11-5-3-2-4-6-11/h2-8,10,14,18H,9H2,1H3,(H2,16,19). The Morgan fingerprint density at radius 2 is 2.05 bits per heavy atom. The zero-order chi connectivity index (χ0) is 14.4. The highest BCUT2D eigenvalue weighted by molar-refractivity contribution is 5.81. The minimum Gasteiger partial charge on any atom is -0.481 e. The number of hydrogen-bond acceptors (Lipinski definition) is 4. The first-order valence-corrected chi connectivity index (χ1v) is 6.27. The van der Waals surface area contributed by atoms with Crippen LogP contribution in [-0.2, 0) is 11.3 Å². The molecule has 0 saturated carbocycles. The number of hydrogen-bond donors (Lipinski definition) is 2. The van der Waals surface area contributed by atoms with E-state index < -0.39 is 11.9 Å². The highest BCUT2D eigenvalue weighted by Crippen LogP contribution is 2.15. The van der Waals surface area contributed by atoms with Crippen molar-refractivity contribution in [3.8, 4) is 5.88 Å². The molecule has 1 aromatic carbocycles. The number of nitrogens with one attached hydrogen (secondary N) is 1. The predicted molar refractivity (Wildman–Crippen MR) is 76.0 cm³/mol. The molecule has 1 atom stereocenters. The van der Waals surface area contributed by atoms with Gasteiger partial charge in [0.05, 0.1) is 7.11 Å². The van der Waals surface area contributed by atoms with E-state index >= 15 is 0 Å². The molecule has 5 heteroatoms. The van der Waals surface area contributed by atoms with Gasteiger partial charge < -0.3 is 10.5 Å². The van der Waals surface area contributed by atoms with Crippen LogP contribution in [0.4, 0.5) is 0 Å². The van der Waals surface area contributed by atoms with Gasteiger partial charge in [-0.1, -0.05) is 36.4 Å². The predicted octanol–water partition coefficient (Wildman–Crippen LogP) is 1.41. The average molecular weight is 271 g/mol. The Bertz CT molecular complexity index is 555. The number of amides is 1. The first-order chi connectivity index (χ1) is 9.70. The number of nitrogens with zero attached hydrogens (tertiary/aromatic N) is 1. The van der Waals surface area contributed by atoms with Gasteiger partial charge in [0.2, 0.25) is 11.8 Å². The summed E-state index contributed by atoms with van der Waals surface area (Å²) in [7, 11) is 1.54. The van der Waals surface area contributed by atoms with Crippen LogP contribution in [0.15, 0.2) is 48.7 Å². The zero-order valence-corrected chi connectivity index (χ0v) is 11.2. The van der Waals surface area contributed by atoms with E-state index in [4.69, 9.17) is 10.5 Å². The second-order valence-electron chi connectivity index (χ2n) is 4.34. The zero-order valence-electron chi connectivity index (χ0n) is 11.2. The molecule has 0 aliphatic rings. The van der Waals surface area contributed by atoms with E-state index in [2.05, 4.69) is 10.3 Å². The highest BCUT2D eigenvalue weighted by Gasteiger charge is 2.17. The minimum absolute atomic E-state index is 0.437. The van der Waals surface area contributed by atoms with E-state index in [0.29, 0.717) is 18.0 Å². The van der Waals surface area contributed by atoms with Gasteiger partial charge in [0.15, 0.2) is 0 Å². The average Bonchev–Trinajstić information content (AvgIpc) is 2.49. The van der Waals surface area contributed by atoms with Crippen molar-refractivity contribution in [3.63, 3.8) is 0 Å². The van der Waals surface area contributed by atoms with Crippen LogP contribution in [0.3, 0.4) is 0 Å². The maximum atomic E-state index is 11.6. The molecule has 3 N–H and O–H groups in total. The number of rotatable bonds is 6. The van der Waals surface area contributed by atoms with Crippen molar-refractivity contribution >= 4 is 5.91 Å². The Balaban J connectivity index is 2.08. The number of primary amides is 1. The monoisotopic (exact) mass is 271 g/mol. The van der Waals surface area contributed by atoms with Gasteiger partial charge in [0.1, 0.15) is 6.04 Å². The fourth-order valence-corrected chi connectivity index (χ4v) is 1.88. The molecule has 0 saturated heterocycles. The summed E-state index contributed by atoms with van der Waals surface area (Å²) in [6, 6.07) is 12.7. The van der Waals surface area contributed by atoms with E-state index in [0.717, 1.165) is 5.56 Å². The Morgan fingerprint density at radius 1 is 1.30 bits per heavy atom. The van der Waals surface area contributed by atoms with Crippen molar-refractivity contribution in [3.05, 3.63) is 59.8 Å². The van der Waals surface area contributed by atoms with Gasteiger partial charge in [-0.2, -0.15) is 0 Å². The van der Waals surface area contributed by atoms with Crippen molar-refractivity contribution in [2.45, 2.75) is 12.6 Å². The van der Waals surface area contributed by atoms with Gasteiger partial charge >= 0.3 is 0 Å². The molecule has 2 rings (SSSR count). The molecule has 20 heavy (non-hydrogen) atoms. The molecule has 5 nitrogen and oxygen atoms in total. The fourth-order valence-electron chi connectivity index (χ4n) is 1.88. The number of benzene rings is 1. The van der Waals surface area contributed by atoms with E-state index in [1.807, 2.05) is 30.3 Å². The second kappa shape index (κ2) is 6.68. The van der Waals surface area contributed by atoms with Crippen LogP contribution in [0.1, 0.15) is 17.2 Å². The molecule has 0 spiro atoms. The third-order valence-corrected chi connectivity index (χ3v) is 2.94. The first-order valence-electron chi connectivity index (χ1n) is 6.27. The molecule has 0 radical (unpaired) electrons. The SMILES string of the molecule is COc1ccc(C(NCc2ccccc2)C(N)=O)cn1. The second-order valence-corrected chi connectivity index (χ2v) is 4.34. The van der Waals surface area contributed by atoms with E-state index in [1.54, 1.807) is 25.4 Å². The fraction of sp³-hybridized carbons (Fsp3) is 0.200. The van der Waals surface area contributed by atoms with Gasteiger partial charge in [-0.3, -0.25) is 10.1 Å².